The van der Waals surface area contributed by atoms with Crippen LogP contribution in [0.3, 0.4) is 0 Å². The number of rotatable bonds is 6. The highest BCUT2D eigenvalue weighted by Crippen LogP contribution is 2.35. The average molecular weight is 214 g/mol. The summed E-state index contributed by atoms with van der Waals surface area (Å²) in [7, 11) is 4.14. The maximum atomic E-state index is 10.8. The van der Waals surface area contributed by atoms with E-state index in [4.69, 9.17) is 5.11 Å². The van der Waals surface area contributed by atoms with Gasteiger partial charge in [-0.15, -0.1) is 0 Å². The zero-order chi connectivity index (χ0) is 11.5. The fourth-order valence-corrected chi connectivity index (χ4v) is 2.09. The molecule has 0 radical (unpaired) electrons. The molecule has 2 N–H and O–H groups in total. The first-order valence-electron chi connectivity index (χ1n) is 5.65. The van der Waals surface area contributed by atoms with E-state index in [0.29, 0.717) is 6.42 Å². The van der Waals surface area contributed by atoms with Gasteiger partial charge in [-0.2, -0.15) is 0 Å². The predicted molar refractivity (Wildman–Crippen MR) is 60.0 cm³/mol. The lowest BCUT2D eigenvalue weighted by atomic mass is 9.75. The zero-order valence-electron chi connectivity index (χ0n) is 9.92. The minimum atomic E-state index is -0.745. The van der Waals surface area contributed by atoms with Gasteiger partial charge in [0.1, 0.15) is 6.04 Å². The van der Waals surface area contributed by atoms with E-state index >= 15 is 0 Å². The van der Waals surface area contributed by atoms with E-state index in [1.165, 1.54) is 19.3 Å². The minimum absolute atomic E-state index is 0.197. The molecule has 1 atom stereocenters. The molecule has 0 bridgehead atoms. The van der Waals surface area contributed by atoms with Crippen LogP contribution in [-0.2, 0) is 4.79 Å². The van der Waals surface area contributed by atoms with Gasteiger partial charge in [0.25, 0.3) is 0 Å². The Hall–Kier alpha value is -0.610. The van der Waals surface area contributed by atoms with Gasteiger partial charge in [-0.1, -0.05) is 6.92 Å². The summed E-state index contributed by atoms with van der Waals surface area (Å²) in [6.07, 6.45) is 4.23. The second-order valence-corrected chi connectivity index (χ2v) is 4.65. The fraction of sp³-hybridized carbons (Fsp3) is 0.909. The summed E-state index contributed by atoms with van der Waals surface area (Å²) in [6.45, 7) is 2.68. The van der Waals surface area contributed by atoms with Crippen LogP contribution in [0.4, 0.5) is 0 Å². The van der Waals surface area contributed by atoms with Crippen LogP contribution in [0.5, 0.6) is 0 Å². The number of aliphatic carboxylic acids is 1. The third-order valence-electron chi connectivity index (χ3n) is 3.62. The molecule has 1 saturated carbocycles. The topological polar surface area (TPSA) is 52.6 Å². The van der Waals surface area contributed by atoms with Crippen molar-refractivity contribution in [1.29, 1.82) is 0 Å². The highest BCUT2D eigenvalue weighted by atomic mass is 16.4. The highest BCUT2D eigenvalue weighted by molar-refractivity contribution is 5.73. The molecule has 4 nitrogen and oxygen atoms in total. The molecule has 0 saturated heterocycles. The van der Waals surface area contributed by atoms with Crippen LogP contribution >= 0.6 is 0 Å². The van der Waals surface area contributed by atoms with E-state index in [1.807, 2.05) is 6.92 Å². The summed E-state index contributed by atoms with van der Waals surface area (Å²) in [5, 5.41) is 12.1. The van der Waals surface area contributed by atoms with Crippen molar-refractivity contribution in [3.8, 4) is 0 Å². The van der Waals surface area contributed by atoms with Crippen LogP contribution in [0.15, 0.2) is 0 Å². The van der Waals surface area contributed by atoms with E-state index in [1.54, 1.807) is 0 Å². The second-order valence-electron chi connectivity index (χ2n) is 4.65. The van der Waals surface area contributed by atoms with E-state index in [2.05, 4.69) is 24.3 Å². The maximum absolute atomic E-state index is 10.8. The molecule has 0 aromatic rings. The van der Waals surface area contributed by atoms with Gasteiger partial charge in [-0.05, 0) is 39.8 Å². The summed E-state index contributed by atoms with van der Waals surface area (Å²) >= 11 is 0. The van der Waals surface area contributed by atoms with Gasteiger partial charge in [0.05, 0.1) is 0 Å². The van der Waals surface area contributed by atoms with Crippen LogP contribution < -0.4 is 5.32 Å². The van der Waals surface area contributed by atoms with E-state index in [-0.39, 0.29) is 5.54 Å². The van der Waals surface area contributed by atoms with Crippen molar-refractivity contribution in [2.24, 2.45) is 0 Å². The van der Waals surface area contributed by atoms with E-state index in [9.17, 15) is 4.79 Å². The smallest absolute Gasteiger partial charge is 0.320 e. The summed E-state index contributed by atoms with van der Waals surface area (Å²) in [6, 6.07) is -0.401. The van der Waals surface area contributed by atoms with Crippen molar-refractivity contribution in [3.63, 3.8) is 0 Å². The summed E-state index contributed by atoms with van der Waals surface area (Å²) in [4.78, 5) is 13.1. The number of carbonyl (C=O) groups is 1. The monoisotopic (exact) mass is 214 g/mol. The largest absolute Gasteiger partial charge is 0.480 e. The molecule has 0 heterocycles. The predicted octanol–water partition coefficient (Wildman–Crippen LogP) is 0.923. The van der Waals surface area contributed by atoms with E-state index in [0.717, 1.165) is 6.54 Å². The standard InChI is InChI=1S/C11H22N2O2/c1-4-9(10(14)15)12-8-11(13(2)3)6-5-7-11/h9,12H,4-8H2,1-3H3,(H,14,15). The highest BCUT2D eigenvalue weighted by Gasteiger charge is 2.39. The molecule has 15 heavy (non-hydrogen) atoms. The SMILES string of the molecule is CCC(NCC1(N(C)C)CCC1)C(=O)O. The van der Waals surface area contributed by atoms with Crippen LogP contribution in [0.25, 0.3) is 0 Å². The van der Waals surface area contributed by atoms with Gasteiger partial charge in [0.15, 0.2) is 0 Å². The molecule has 0 aromatic carbocycles. The number of hydrogen-bond acceptors (Lipinski definition) is 3. The Morgan fingerprint density at radius 1 is 1.53 bits per heavy atom. The van der Waals surface area contributed by atoms with Crippen LogP contribution in [0.1, 0.15) is 32.6 Å². The molecular weight excluding hydrogens is 192 g/mol. The number of nitrogens with one attached hydrogen (secondary N) is 1. The lowest BCUT2D eigenvalue weighted by Crippen LogP contribution is -2.58. The fourth-order valence-electron chi connectivity index (χ4n) is 2.09. The third kappa shape index (κ3) is 2.69. The van der Waals surface area contributed by atoms with Crippen molar-refractivity contribution in [2.75, 3.05) is 20.6 Å². The van der Waals surface area contributed by atoms with Crippen LogP contribution in [-0.4, -0.2) is 48.2 Å². The molecule has 0 amide bonds. The first kappa shape index (κ1) is 12.5. The molecule has 1 fully saturated rings. The number of carboxylic acid groups (broad SMARTS) is 1. The van der Waals surface area contributed by atoms with Gasteiger partial charge < -0.3 is 15.3 Å². The van der Waals surface area contributed by atoms with Gasteiger partial charge in [0.2, 0.25) is 0 Å². The Morgan fingerprint density at radius 3 is 2.40 bits per heavy atom. The minimum Gasteiger partial charge on any atom is -0.480 e. The Morgan fingerprint density at radius 2 is 2.13 bits per heavy atom. The van der Waals surface area contributed by atoms with Crippen molar-refractivity contribution in [3.05, 3.63) is 0 Å². The third-order valence-corrected chi connectivity index (χ3v) is 3.62. The molecule has 1 rings (SSSR count). The first-order valence-corrected chi connectivity index (χ1v) is 5.65. The summed E-state index contributed by atoms with van der Waals surface area (Å²) in [5.74, 6) is -0.745. The molecule has 4 heteroatoms. The lowest BCUT2D eigenvalue weighted by molar-refractivity contribution is -0.139. The normalized spacial score (nSPS) is 21.1. The van der Waals surface area contributed by atoms with Crippen molar-refractivity contribution < 1.29 is 9.90 Å². The van der Waals surface area contributed by atoms with Gasteiger partial charge in [0, 0.05) is 12.1 Å². The van der Waals surface area contributed by atoms with Gasteiger partial charge >= 0.3 is 5.97 Å². The van der Waals surface area contributed by atoms with Crippen LogP contribution in [0, 0.1) is 0 Å². The van der Waals surface area contributed by atoms with Gasteiger partial charge in [-0.25, -0.2) is 0 Å². The molecule has 0 spiro atoms. The molecule has 1 aliphatic rings. The van der Waals surface area contributed by atoms with E-state index < -0.39 is 12.0 Å². The Balaban J connectivity index is 2.43. The molecule has 0 aliphatic heterocycles. The van der Waals surface area contributed by atoms with Crippen molar-refractivity contribution >= 4 is 5.97 Å². The molecule has 1 aliphatic carbocycles. The zero-order valence-corrected chi connectivity index (χ0v) is 9.92. The maximum Gasteiger partial charge on any atom is 0.320 e. The number of carboxylic acids is 1. The van der Waals surface area contributed by atoms with Gasteiger partial charge in [-0.3, -0.25) is 4.79 Å². The number of hydrogen-bond donors (Lipinski definition) is 2. The molecule has 1 unspecified atom stereocenters. The van der Waals surface area contributed by atoms with Crippen molar-refractivity contribution in [2.45, 2.75) is 44.2 Å². The quantitative estimate of drug-likeness (QED) is 0.690. The Kier molecular flexibility index (Phi) is 4.11. The number of nitrogens with zero attached hydrogens (tertiary/aromatic N) is 1. The summed E-state index contributed by atoms with van der Waals surface area (Å²) in [5.41, 5.74) is 0.197. The first-order chi connectivity index (χ1) is 7.02. The van der Waals surface area contributed by atoms with Crippen LogP contribution in [0.2, 0.25) is 0 Å². The second kappa shape index (κ2) is 4.94. The molecular formula is C11H22N2O2. The number of likely N-dealkylation sites (N-methyl/N-ethyl adjacent to an activating group) is 1. The Labute approximate surface area is 91.6 Å². The molecule has 0 aromatic heterocycles. The molecule has 88 valence electrons. The Bertz CT molecular complexity index is 225. The lowest BCUT2D eigenvalue weighted by Gasteiger charge is -2.48. The van der Waals surface area contributed by atoms with Crippen molar-refractivity contribution in [1.82, 2.24) is 10.2 Å². The summed E-state index contributed by atoms with van der Waals surface area (Å²) < 4.78 is 0. The average Bonchev–Trinajstić information content (AvgIpc) is 2.08.